The molecule has 0 saturated heterocycles. The van der Waals surface area contributed by atoms with E-state index in [-0.39, 0.29) is 38.9 Å². The Kier molecular flexibility index (Phi) is 22.8. The Morgan fingerprint density at radius 3 is 0.818 bits per heavy atom. The van der Waals surface area contributed by atoms with Gasteiger partial charge in [-0.25, -0.2) is 9.59 Å². The summed E-state index contributed by atoms with van der Waals surface area (Å²) in [7, 11) is 4.79. The van der Waals surface area contributed by atoms with E-state index >= 15 is 0 Å². The Hall–Kier alpha value is -3.96. The largest absolute Gasteiger partial charge is 0.545 e. The van der Waals surface area contributed by atoms with E-state index in [4.69, 9.17) is 15.9 Å². The van der Waals surface area contributed by atoms with Crippen molar-refractivity contribution in [1.82, 2.24) is 0 Å². The van der Waals surface area contributed by atoms with E-state index in [0.29, 0.717) is 19.6 Å². The average Bonchev–Trinajstić information content (AvgIpc) is 3.05. The molecule has 0 fully saturated rings. The first kappa shape index (κ1) is 51.0. The second-order valence-corrected chi connectivity index (χ2v) is 19.4. The van der Waals surface area contributed by atoms with Gasteiger partial charge in [0.1, 0.15) is 0 Å². The Labute approximate surface area is 340 Å². The molecular weight excluding hydrogens is 779 g/mol. The van der Waals surface area contributed by atoms with Crippen LogP contribution in [0.15, 0.2) is 117 Å². The SMILES string of the molecule is CC(C)(C)N.CC(C)(C)[NH3+].CC(C)(C)[NH3+].O=C(O)c1ccccc1SSc1ccccc1C(=O)O.O=C([O-])c1ccccc1SSc1ccccc1C(=O)[O-]. The van der Waals surface area contributed by atoms with Gasteiger partial charge in [-0.1, -0.05) is 104 Å². The van der Waals surface area contributed by atoms with Crippen LogP contribution in [0.2, 0.25) is 0 Å². The molecule has 0 spiro atoms. The van der Waals surface area contributed by atoms with E-state index in [1.54, 1.807) is 72.8 Å². The maximum atomic E-state index is 11.1. The highest BCUT2D eigenvalue weighted by Crippen LogP contribution is 2.41. The highest BCUT2D eigenvalue weighted by molar-refractivity contribution is 8.77. The molecule has 0 atom stereocenters. The first-order valence-electron chi connectivity index (χ1n) is 16.6. The van der Waals surface area contributed by atoms with Crippen molar-refractivity contribution in [2.75, 3.05) is 0 Å². The van der Waals surface area contributed by atoms with Gasteiger partial charge in [0.2, 0.25) is 0 Å². The minimum atomic E-state index is -1.26. The van der Waals surface area contributed by atoms with Crippen molar-refractivity contribution in [3.05, 3.63) is 119 Å². The number of nitrogens with two attached hydrogens (primary N) is 1. The molecule has 0 aliphatic heterocycles. The summed E-state index contributed by atoms with van der Waals surface area (Å²) < 4.78 is 0. The van der Waals surface area contributed by atoms with E-state index in [9.17, 15) is 29.4 Å². The lowest BCUT2D eigenvalue weighted by molar-refractivity contribution is -0.459. The van der Waals surface area contributed by atoms with Gasteiger partial charge < -0.3 is 47.2 Å². The lowest BCUT2D eigenvalue weighted by atomic mass is 10.1. The number of aromatic carboxylic acids is 4. The molecule has 15 heteroatoms. The monoisotopic (exact) mass is 831 g/mol. The van der Waals surface area contributed by atoms with Crippen molar-refractivity contribution in [2.24, 2.45) is 5.73 Å². The predicted molar refractivity (Wildman–Crippen MR) is 221 cm³/mol. The summed E-state index contributed by atoms with van der Waals surface area (Å²) in [5.41, 5.74) is 14.0. The normalized spacial score (nSPS) is 10.7. The third kappa shape index (κ3) is 26.5. The van der Waals surface area contributed by atoms with Crippen LogP contribution < -0.4 is 27.4 Å². The van der Waals surface area contributed by atoms with Crippen LogP contribution in [0.1, 0.15) is 104 Å². The standard InChI is InChI=1S/2C14H10O4S2.3C4H11N/c2*15-13(16)9-5-1-3-7-11(9)19-20-12-8-4-2-6-10(12)14(17)18;3*1-4(2,3)5/h2*1-8H,(H,15,16)(H,17,18);3*5H2,1-3H3. The number of carboxylic acids is 4. The van der Waals surface area contributed by atoms with Gasteiger partial charge in [0, 0.05) is 36.2 Å². The smallest absolute Gasteiger partial charge is 0.336 e. The van der Waals surface area contributed by atoms with Crippen LogP contribution in [-0.2, 0) is 0 Å². The molecule has 300 valence electrons. The van der Waals surface area contributed by atoms with Gasteiger partial charge in [-0.05, 0) is 98.7 Å². The van der Waals surface area contributed by atoms with Crippen molar-refractivity contribution in [2.45, 2.75) is 98.5 Å². The number of quaternary nitrogens is 2. The molecule has 55 heavy (non-hydrogen) atoms. The number of carbonyl (C=O) groups is 4. The first-order valence-corrected chi connectivity index (χ1v) is 20.9. The lowest BCUT2D eigenvalue weighted by Crippen LogP contribution is -2.67. The van der Waals surface area contributed by atoms with E-state index in [2.05, 4.69) is 53.0 Å². The van der Waals surface area contributed by atoms with Crippen LogP contribution in [0.25, 0.3) is 0 Å². The molecule has 4 aromatic rings. The molecule has 0 saturated carbocycles. The highest BCUT2D eigenvalue weighted by Gasteiger charge is 2.14. The molecule has 0 radical (unpaired) electrons. The Balaban J connectivity index is 0.000000778. The van der Waals surface area contributed by atoms with Crippen molar-refractivity contribution >= 4 is 67.1 Å². The van der Waals surface area contributed by atoms with Crippen molar-refractivity contribution in [3.8, 4) is 0 Å². The number of hydrogen-bond acceptors (Lipinski definition) is 11. The van der Waals surface area contributed by atoms with Crippen LogP contribution in [0.5, 0.6) is 0 Å². The Morgan fingerprint density at radius 2 is 0.636 bits per heavy atom. The fraction of sp³-hybridized carbons (Fsp3) is 0.300. The van der Waals surface area contributed by atoms with Gasteiger partial charge in [-0.15, -0.1) is 0 Å². The number of hydrogen-bond donors (Lipinski definition) is 5. The molecule has 0 aliphatic rings. The zero-order valence-corrected chi connectivity index (χ0v) is 36.0. The lowest BCUT2D eigenvalue weighted by Gasteiger charge is -2.11. The third-order valence-electron chi connectivity index (χ3n) is 4.89. The third-order valence-corrected chi connectivity index (χ3v) is 9.85. The molecule has 4 rings (SSSR count). The molecule has 0 aliphatic carbocycles. The van der Waals surface area contributed by atoms with Crippen molar-refractivity contribution < 1.29 is 51.1 Å². The van der Waals surface area contributed by atoms with Crippen LogP contribution in [0, 0.1) is 0 Å². The van der Waals surface area contributed by atoms with Crippen molar-refractivity contribution in [3.63, 3.8) is 0 Å². The molecule has 0 unspecified atom stereocenters. The number of carboxylic acid groups (broad SMARTS) is 4. The van der Waals surface area contributed by atoms with Crippen LogP contribution >= 0.6 is 43.2 Å². The van der Waals surface area contributed by atoms with Gasteiger partial charge in [-0.3, -0.25) is 0 Å². The molecule has 0 amide bonds. The molecule has 0 aromatic heterocycles. The van der Waals surface area contributed by atoms with Gasteiger partial charge in [0.25, 0.3) is 0 Å². The minimum absolute atomic E-state index is 0. The van der Waals surface area contributed by atoms with Gasteiger partial charge in [0.05, 0.1) is 34.1 Å². The zero-order valence-electron chi connectivity index (χ0n) is 32.7. The topological polar surface area (TPSA) is 236 Å². The number of carbonyl (C=O) groups excluding carboxylic acids is 2. The zero-order chi connectivity index (χ0) is 42.6. The maximum Gasteiger partial charge on any atom is 0.336 e. The molecular formula is C40H53N3O8S4. The van der Waals surface area contributed by atoms with E-state index in [1.165, 1.54) is 45.9 Å². The van der Waals surface area contributed by atoms with Gasteiger partial charge in [0.15, 0.2) is 0 Å². The fourth-order valence-corrected chi connectivity index (χ4v) is 7.72. The van der Waals surface area contributed by atoms with Crippen LogP contribution in [-0.4, -0.2) is 50.7 Å². The Morgan fingerprint density at radius 1 is 0.473 bits per heavy atom. The maximum absolute atomic E-state index is 11.1. The first-order chi connectivity index (χ1) is 25.2. The predicted octanol–water partition coefficient (Wildman–Crippen LogP) is 5.89. The molecule has 11 nitrogen and oxygen atoms in total. The molecule has 0 bridgehead atoms. The van der Waals surface area contributed by atoms with E-state index < -0.39 is 23.9 Å². The van der Waals surface area contributed by atoms with Crippen LogP contribution in [0.4, 0.5) is 0 Å². The average molecular weight is 832 g/mol. The minimum Gasteiger partial charge on any atom is -0.545 e. The summed E-state index contributed by atoms with van der Waals surface area (Å²) in [5, 5.41) is 40.1. The summed E-state index contributed by atoms with van der Waals surface area (Å²) in [6.45, 7) is 18.4. The van der Waals surface area contributed by atoms with Crippen molar-refractivity contribution in [1.29, 1.82) is 0 Å². The van der Waals surface area contributed by atoms with Gasteiger partial charge >= 0.3 is 11.9 Å². The van der Waals surface area contributed by atoms with Gasteiger partial charge in [-0.2, -0.15) is 0 Å². The summed E-state index contributed by atoms with van der Waals surface area (Å²) in [4.78, 5) is 46.3. The van der Waals surface area contributed by atoms with E-state index in [0.717, 1.165) is 21.6 Å². The van der Waals surface area contributed by atoms with Crippen LogP contribution in [0.3, 0.4) is 0 Å². The molecule has 10 N–H and O–H groups in total. The molecule has 0 heterocycles. The Bertz CT molecular complexity index is 1560. The molecule has 4 aromatic carbocycles. The quantitative estimate of drug-likeness (QED) is 0.117. The highest BCUT2D eigenvalue weighted by atomic mass is 33.1. The van der Waals surface area contributed by atoms with E-state index in [1.807, 2.05) is 20.8 Å². The number of rotatable bonds is 10. The second kappa shape index (κ2) is 24.5. The number of benzene rings is 4. The summed E-state index contributed by atoms with van der Waals surface area (Å²) in [6, 6.07) is 26.1. The fourth-order valence-electron chi connectivity index (χ4n) is 3.03. The second-order valence-electron chi connectivity index (χ2n) is 15.0. The summed E-state index contributed by atoms with van der Waals surface area (Å²) in [5.74, 6) is -4.52. The summed E-state index contributed by atoms with van der Waals surface area (Å²) in [6.07, 6.45) is 0. The summed E-state index contributed by atoms with van der Waals surface area (Å²) >= 11 is 0.